The van der Waals surface area contributed by atoms with Gasteiger partial charge in [-0.25, -0.2) is 8.42 Å². The molecule has 2 aromatic carbocycles. The minimum absolute atomic E-state index is 0.0189. The lowest BCUT2D eigenvalue weighted by molar-refractivity contribution is -0.123. The Kier molecular flexibility index (Phi) is 6.86. The summed E-state index contributed by atoms with van der Waals surface area (Å²) < 4.78 is 34.9. The summed E-state index contributed by atoms with van der Waals surface area (Å²) in [6.45, 7) is 4.68. The van der Waals surface area contributed by atoms with E-state index < -0.39 is 15.9 Å². The van der Waals surface area contributed by atoms with E-state index in [0.29, 0.717) is 31.0 Å². The number of rotatable bonds is 5. The summed E-state index contributed by atoms with van der Waals surface area (Å²) in [6.07, 6.45) is 2.07. The number of hydrogen-bond acceptors (Lipinski definition) is 4. The van der Waals surface area contributed by atoms with E-state index in [1.54, 1.807) is 19.1 Å². The van der Waals surface area contributed by atoms with Crippen LogP contribution in [0.25, 0.3) is 0 Å². The van der Waals surface area contributed by atoms with Crippen LogP contribution in [0, 0.1) is 5.92 Å². The van der Waals surface area contributed by atoms with Crippen LogP contribution in [0.5, 0.6) is 5.75 Å². The molecular weight excluding hydrogens is 516 g/mol. The summed E-state index contributed by atoms with van der Waals surface area (Å²) in [6, 6.07) is 10.6. The molecule has 0 spiro atoms. The van der Waals surface area contributed by atoms with Crippen LogP contribution in [0.2, 0.25) is 5.02 Å². The summed E-state index contributed by atoms with van der Waals surface area (Å²) in [5, 5.41) is 0.324. The van der Waals surface area contributed by atoms with Crippen molar-refractivity contribution in [1.82, 2.24) is 4.31 Å². The van der Waals surface area contributed by atoms with Crippen LogP contribution in [0.3, 0.4) is 0 Å². The van der Waals surface area contributed by atoms with Crippen molar-refractivity contribution in [3.8, 4) is 5.75 Å². The Morgan fingerprint density at radius 3 is 2.78 bits per heavy atom. The molecule has 0 bridgehead atoms. The van der Waals surface area contributed by atoms with Crippen molar-refractivity contribution in [2.75, 3.05) is 24.6 Å². The average Bonchev–Trinajstić information content (AvgIpc) is 3.09. The fourth-order valence-corrected chi connectivity index (χ4v) is 6.92. The number of amides is 1. The van der Waals surface area contributed by atoms with Gasteiger partial charge in [-0.1, -0.05) is 27.5 Å². The molecule has 2 atom stereocenters. The van der Waals surface area contributed by atoms with Gasteiger partial charge in [0.1, 0.15) is 10.6 Å². The number of carbonyl (C=O) groups excluding carboxylic acids is 1. The maximum atomic E-state index is 13.5. The van der Waals surface area contributed by atoms with Gasteiger partial charge in [0.25, 0.3) is 0 Å². The molecule has 4 rings (SSSR count). The predicted molar refractivity (Wildman–Crippen MR) is 129 cm³/mol. The lowest BCUT2D eigenvalue weighted by Gasteiger charge is -2.35. The summed E-state index contributed by atoms with van der Waals surface area (Å²) in [7, 11) is -3.86. The van der Waals surface area contributed by atoms with Gasteiger partial charge in [0.2, 0.25) is 15.9 Å². The SMILES string of the molecule is CCOc1ccc(Cl)cc1S(=O)(=O)N1CCC[C@@H](C(=O)N2c3ccc(Br)cc3C[C@@H]2C)C1. The molecule has 0 radical (unpaired) electrons. The highest BCUT2D eigenvalue weighted by Gasteiger charge is 2.39. The quantitative estimate of drug-likeness (QED) is 0.541. The Morgan fingerprint density at radius 1 is 1.25 bits per heavy atom. The van der Waals surface area contributed by atoms with E-state index >= 15 is 0 Å². The molecule has 9 heteroatoms. The molecule has 2 aliphatic heterocycles. The second kappa shape index (κ2) is 9.33. The zero-order chi connectivity index (χ0) is 23.0. The molecule has 2 aromatic rings. The van der Waals surface area contributed by atoms with Gasteiger partial charge in [0.15, 0.2) is 0 Å². The summed E-state index contributed by atoms with van der Waals surface area (Å²) in [5.74, 6) is -0.141. The average molecular weight is 542 g/mol. The van der Waals surface area contributed by atoms with Gasteiger partial charge >= 0.3 is 0 Å². The number of sulfonamides is 1. The first-order valence-electron chi connectivity index (χ1n) is 10.8. The van der Waals surface area contributed by atoms with E-state index in [1.807, 2.05) is 30.0 Å². The van der Waals surface area contributed by atoms with E-state index in [0.717, 1.165) is 22.1 Å². The van der Waals surface area contributed by atoms with Crippen LogP contribution in [0.4, 0.5) is 5.69 Å². The molecule has 1 saturated heterocycles. The van der Waals surface area contributed by atoms with Crippen molar-refractivity contribution in [3.05, 3.63) is 51.5 Å². The number of carbonyl (C=O) groups is 1. The second-order valence-electron chi connectivity index (χ2n) is 8.26. The third-order valence-electron chi connectivity index (χ3n) is 6.05. The first kappa shape index (κ1) is 23.5. The number of ether oxygens (including phenoxy) is 1. The Labute approximate surface area is 202 Å². The number of fused-ring (bicyclic) bond motifs is 1. The summed E-state index contributed by atoms with van der Waals surface area (Å²) >= 11 is 9.60. The number of nitrogens with zero attached hydrogens (tertiary/aromatic N) is 2. The lowest BCUT2D eigenvalue weighted by atomic mass is 9.97. The molecule has 1 fully saturated rings. The molecule has 2 aliphatic rings. The van der Waals surface area contributed by atoms with Crippen molar-refractivity contribution >= 4 is 49.1 Å². The summed E-state index contributed by atoms with van der Waals surface area (Å²) in [4.78, 5) is 15.4. The molecule has 0 unspecified atom stereocenters. The molecule has 0 aromatic heterocycles. The molecule has 32 heavy (non-hydrogen) atoms. The Bertz CT molecular complexity index is 1140. The smallest absolute Gasteiger partial charge is 0.246 e. The first-order chi connectivity index (χ1) is 15.2. The molecule has 0 aliphatic carbocycles. The largest absolute Gasteiger partial charge is 0.492 e. The van der Waals surface area contributed by atoms with Gasteiger partial charge in [0.05, 0.1) is 12.5 Å². The molecule has 6 nitrogen and oxygen atoms in total. The number of benzene rings is 2. The highest BCUT2D eigenvalue weighted by molar-refractivity contribution is 9.10. The van der Waals surface area contributed by atoms with Gasteiger partial charge in [0, 0.05) is 34.3 Å². The van der Waals surface area contributed by atoms with E-state index in [-0.39, 0.29) is 29.1 Å². The first-order valence-corrected chi connectivity index (χ1v) is 13.4. The van der Waals surface area contributed by atoms with Crippen LogP contribution in [0.1, 0.15) is 32.3 Å². The van der Waals surface area contributed by atoms with Crippen LogP contribution in [0.15, 0.2) is 45.8 Å². The van der Waals surface area contributed by atoms with Gasteiger partial charge in [-0.2, -0.15) is 4.31 Å². The lowest BCUT2D eigenvalue weighted by Crippen LogP contribution is -2.48. The summed E-state index contributed by atoms with van der Waals surface area (Å²) in [5.41, 5.74) is 2.04. The van der Waals surface area contributed by atoms with Crippen molar-refractivity contribution < 1.29 is 17.9 Å². The Balaban J connectivity index is 1.59. The van der Waals surface area contributed by atoms with Crippen LogP contribution in [-0.2, 0) is 21.2 Å². The fourth-order valence-electron chi connectivity index (χ4n) is 4.59. The van der Waals surface area contributed by atoms with Gasteiger partial charge in [-0.15, -0.1) is 0 Å². The van der Waals surface area contributed by atoms with Crippen molar-refractivity contribution in [2.24, 2.45) is 5.92 Å². The second-order valence-corrected chi connectivity index (χ2v) is 11.5. The zero-order valence-corrected chi connectivity index (χ0v) is 21.2. The Morgan fingerprint density at radius 2 is 2.03 bits per heavy atom. The molecule has 2 heterocycles. The van der Waals surface area contributed by atoms with E-state index in [2.05, 4.69) is 15.9 Å². The highest BCUT2D eigenvalue weighted by atomic mass is 79.9. The third kappa shape index (κ3) is 4.42. The maximum absolute atomic E-state index is 13.5. The minimum atomic E-state index is -3.86. The van der Waals surface area contributed by atoms with Crippen molar-refractivity contribution in [2.45, 2.75) is 44.0 Å². The highest BCUT2D eigenvalue weighted by Crippen LogP contribution is 2.37. The number of anilines is 1. The number of piperidine rings is 1. The molecule has 172 valence electrons. The Hall–Kier alpha value is -1.61. The van der Waals surface area contributed by atoms with E-state index in [1.165, 1.54) is 10.4 Å². The molecule has 0 N–H and O–H groups in total. The normalized spacial score (nSPS) is 21.4. The van der Waals surface area contributed by atoms with E-state index in [4.69, 9.17) is 16.3 Å². The van der Waals surface area contributed by atoms with Crippen molar-refractivity contribution in [3.63, 3.8) is 0 Å². The molecule has 1 amide bonds. The topological polar surface area (TPSA) is 66.9 Å². The van der Waals surface area contributed by atoms with Crippen molar-refractivity contribution in [1.29, 1.82) is 0 Å². The minimum Gasteiger partial charge on any atom is -0.492 e. The third-order valence-corrected chi connectivity index (χ3v) is 8.67. The van der Waals surface area contributed by atoms with E-state index in [9.17, 15) is 13.2 Å². The number of halogens is 2. The maximum Gasteiger partial charge on any atom is 0.246 e. The molecule has 0 saturated carbocycles. The monoisotopic (exact) mass is 540 g/mol. The van der Waals surface area contributed by atoms with Gasteiger partial charge in [-0.05, 0) is 75.1 Å². The zero-order valence-electron chi connectivity index (χ0n) is 18.1. The predicted octanol–water partition coefficient (Wildman–Crippen LogP) is 4.88. The number of hydrogen-bond donors (Lipinski definition) is 0. The molecular formula is C23H26BrClN2O4S. The van der Waals surface area contributed by atoms with Crippen LogP contribution >= 0.6 is 27.5 Å². The fraction of sp³-hybridized carbons (Fsp3) is 0.435. The van der Waals surface area contributed by atoms with Crippen LogP contribution in [-0.4, -0.2) is 44.4 Å². The van der Waals surface area contributed by atoms with Gasteiger partial charge < -0.3 is 9.64 Å². The van der Waals surface area contributed by atoms with Crippen LogP contribution < -0.4 is 9.64 Å². The standard InChI is InChI=1S/C23H26BrClN2O4S/c1-3-31-21-9-7-19(25)13-22(21)32(29,30)26-10-4-5-16(14-26)23(28)27-15(2)11-17-12-18(24)6-8-20(17)27/h6-9,12-13,15-16H,3-5,10-11,14H2,1-2H3/t15-,16+/m0/s1. The van der Waals surface area contributed by atoms with Gasteiger partial charge in [-0.3, -0.25) is 4.79 Å².